The van der Waals surface area contributed by atoms with Crippen molar-refractivity contribution >= 4 is 23.4 Å². The van der Waals surface area contributed by atoms with Gasteiger partial charge in [-0.15, -0.1) is 0 Å². The normalized spacial score (nSPS) is 16.2. The Kier molecular flexibility index (Phi) is 5.88. The topological polar surface area (TPSA) is 83.0 Å². The van der Waals surface area contributed by atoms with E-state index in [9.17, 15) is 9.59 Å². The molecule has 1 atom stereocenters. The van der Waals surface area contributed by atoms with Crippen molar-refractivity contribution in [3.8, 4) is 5.75 Å². The van der Waals surface area contributed by atoms with Crippen LogP contribution < -0.4 is 19.6 Å². The summed E-state index contributed by atoms with van der Waals surface area (Å²) in [5.41, 5.74) is 1.33. The summed E-state index contributed by atoms with van der Waals surface area (Å²) >= 11 is 1.26. The number of ether oxygens (including phenoxy) is 2. The first-order chi connectivity index (χ1) is 15.3. The minimum atomic E-state index is -0.687. The molecule has 1 aliphatic rings. The van der Waals surface area contributed by atoms with E-state index >= 15 is 0 Å². The molecule has 0 fully saturated rings. The number of allylic oxidation sites excluding steroid dienone is 1. The highest BCUT2D eigenvalue weighted by molar-refractivity contribution is 7.07. The molecule has 8 heteroatoms. The molecule has 3 heterocycles. The van der Waals surface area contributed by atoms with Crippen molar-refractivity contribution < 1.29 is 18.7 Å². The summed E-state index contributed by atoms with van der Waals surface area (Å²) in [4.78, 5) is 31.7. The van der Waals surface area contributed by atoms with Gasteiger partial charge in [-0.1, -0.05) is 23.5 Å². The fourth-order valence-corrected chi connectivity index (χ4v) is 4.67. The van der Waals surface area contributed by atoms with E-state index in [1.54, 1.807) is 38.5 Å². The van der Waals surface area contributed by atoms with Crippen molar-refractivity contribution in [1.82, 2.24) is 4.57 Å². The molecule has 1 aliphatic heterocycles. The van der Waals surface area contributed by atoms with Crippen LogP contribution in [-0.2, 0) is 9.53 Å². The van der Waals surface area contributed by atoms with E-state index in [2.05, 4.69) is 4.99 Å². The van der Waals surface area contributed by atoms with E-state index in [1.807, 2.05) is 43.3 Å². The largest absolute Gasteiger partial charge is 0.497 e. The van der Waals surface area contributed by atoms with Crippen molar-refractivity contribution in [2.24, 2.45) is 4.99 Å². The highest BCUT2D eigenvalue weighted by Crippen LogP contribution is 2.32. The van der Waals surface area contributed by atoms with E-state index in [0.717, 1.165) is 11.3 Å². The minimum absolute atomic E-state index is 0.252. The Morgan fingerprint density at radius 2 is 2.03 bits per heavy atom. The lowest BCUT2D eigenvalue weighted by Crippen LogP contribution is -2.40. The van der Waals surface area contributed by atoms with Crippen LogP contribution in [0, 0.1) is 6.92 Å². The number of thiazole rings is 1. The van der Waals surface area contributed by atoms with Gasteiger partial charge in [0, 0.05) is 6.08 Å². The fraction of sp³-hybridized carbons (Fsp3) is 0.292. The van der Waals surface area contributed by atoms with Crippen LogP contribution in [0.3, 0.4) is 0 Å². The lowest BCUT2D eigenvalue weighted by Gasteiger charge is -2.25. The number of furan rings is 1. The molecule has 2 aromatic heterocycles. The molecular formula is C24H24N2O5S. The second-order valence-electron chi connectivity index (χ2n) is 7.76. The predicted octanol–water partition coefficient (Wildman–Crippen LogP) is 3.10. The number of fused-ring (bicyclic) bond motifs is 1. The molecular weight excluding hydrogens is 428 g/mol. The quantitative estimate of drug-likeness (QED) is 0.556. The summed E-state index contributed by atoms with van der Waals surface area (Å²) in [6, 6.07) is 10.3. The third-order valence-electron chi connectivity index (χ3n) is 5.03. The van der Waals surface area contributed by atoms with Crippen LogP contribution in [-0.4, -0.2) is 23.8 Å². The van der Waals surface area contributed by atoms with Gasteiger partial charge >= 0.3 is 5.97 Å². The van der Waals surface area contributed by atoms with E-state index in [1.165, 1.54) is 11.3 Å². The number of hydrogen-bond donors (Lipinski definition) is 0. The molecule has 7 nitrogen and oxygen atoms in total. The number of methoxy groups -OCH3 is 1. The van der Waals surface area contributed by atoms with Gasteiger partial charge in [-0.2, -0.15) is 0 Å². The maximum Gasteiger partial charge on any atom is 0.338 e. The van der Waals surface area contributed by atoms with Crippen LogP contribution >= 0.6 is 11.3 Å². The first kappa shape index (κ1) is 21.8. The summed E-state index contributed by atoms with van der Waals surface area (Å²) in [7, 11) is 1.57. The Labute approximate surface area is 188 Å². The average molecular weight is 453 g/mol. The molecule has 4 rings (SSSR count). The summed E-state index contributed by atoms with van der Waals surface area (Å²) in [5.74, 6) is 1.47. The average Bonchev–Trinajstić information content (AvgIpc) is 3.29. The van der Waals surface area contributed by atoms with Gasteiger partial charge in [0.05, 0.1) is 35.1 Å². The van der Waals surface area contributed by atoms with E-state index in [4.69, 9.17) is 13.9 Å². The third kappa shape index (κ3) is 4.05. The van der Waals surface area contributed by atoms with Crippen LogP contribution in [0.25, 0.3) is 6.08 Å². The Hall–Kier alpha value is -3.39. The Morgan fingerprint density at radius 3 is 2.69 bits per heavy atom. The van der Waals surface area contributed by atoms with Gasteiger partial charge in [0.25, 0.3) is 5.56 Å². The standard InChI is InChI=1S/C24H24N2O5S/c1-13(2)30-23(28)20-15(4)25-24-26(21(20)16-7-6-8-17(11-16)29-5)22(27)19(32-24)12-18-10-9-14(3)31-18/h6-13,21H,1-5H3/b19-12+/t21-/m0/s1. The maximum atomic E-state index is 13.5. The lowest BCUT2D eigenvalue weighted by atomic mass is 9.95. The lowest BCUT2D eigenvalue weighted by molar-refractivity contribution is -0.143. The smallest absolute Gasteiger partial charge is 0.338 e. The highest BCUT2D eigenvalue weighted by atomic mass is 32.1. The molecule has 0 radical (unpaired) electrons. The van der Waals surface area contributed by atoms with Crippen LogP contribution in [0.15, 0.2) is 61.9 Å². The third-order valence-corrected chi connectivity index (χ3v) is 6.01. The van der Waals surface area contributed by atoms with Crippen LogP contribution in [0.5, 0.6) is 5.75 Å². The maximum absolute atomic E-state index is 13.5. The summed E-state index contributed by atoms with van der Waals surface area (Å²) < 4.78 is 18.5. The van der Waals surface area contributed by atoms with Gasteiger partial charge in [0.1, 0.15) is 17.3 Å². The molecule has 32 heavy (non-hydrogen) atoms. The Balaban J connectivity index is 1.96. The number of aromatic nitrogens is 1. The van der Waals surface area contributed by atoms with Crippen LogP contribution in [0.2, 0.25) is 0 Å². The van der Waals surface area contributed by atoms with E-state index in [0.29, 0.717) is 32.1 Å². The molecule has 0 N–H and O–H groups in total. The van der Waals surface area contributed by atoms with Crippen molar-refractivity contribution in [2.45, 2.75) is 39.8 Å². The van der Waals surface area contributed by atoms with Gasteiger partial charge in [-0.3, -0.25) is 9.36 Å². The number of rotatable bonds is 5. The fourth-order valence-electron chi connectivity index (χ4n) is 3.65. The van der Waals surface area contributed by atoms with Gasteiger partial charge in [-0.25, -0.2) is 9.79 Å². The minimum Gasteiger partial charge on any atom is -0.497 e. The van der Waals surface area contributed by atoms with Gasteiger partial charge < -0.3 is 13.9 Å². The molecule has 0 spiro atoms. The number of nitrogens with zero attached hydrogens (tertiary/aromatic N) is 2. The zero-order chi connectivity index (χ0) is 23.0. The molecule has 0 unspecified atom stereocenters. The molecule has 0 amide bonds. The summed E-state index contributed by atoms with van der Waals surface area (Å²) in [5, 5.41) is 0. The van der Waals surface area contributed by atoms with Gasteiger partial charge in [0.2, 0.25) is 0 Å². The number of carbonyl (C=O) groups is 1. The molecule has 3 aromatic rings. The van der Waals surface area contributed by atoms with E-state index < -0.39 is 12.0 Å². The first-order valence-corrected chi connectivity index (χ1v) is 11.0. The molecule has 166 valence electrons. The van der Waals surface area contributed by atoms with E-state index in [-0.39, 0.29) is 11.7 Å². The summed E-state index contributed by atoms with van der Waals surface area (Å²) in [6.45, 7) is 7.18. The van der Waals surface area contributed by atoms with Gasteiger partial charge in [-0.05, 0) is 57.5 Å². The van der Waals surface area contributed by atoms with Crippen molar-refractivity contribution in [2.75, 3.05) is 7.11 Å². The molecule has 0 saturated heterocycles. The van der Waals surface area contributed by atoms with Crippen molar-refractivity contribution in [3.05, 3.63) is 84.4 Å². The van der Waals surface area contributed by atoms with Crippen molar-refractivity contribution in [3.63, 3.8) is 0 Å². The second kappa shape index (κ2) is 8.63. The molecule has 0 bridgehead atoms. The zero-order valence-electron chi connectivity index (χ0n) is 18.5. The van der Waals surface area contributed by atoms with Crippen molar-refractivity contribution in [1.29, 1.82) is 0 Å². The summed E-state index contributed by atoms with van der Waals surface area (Å²) in [6.07, 6.45) is 1.39. The Morgan fingerprint density at radius 1 is 1.25 bits per heavy atom. The first-order valence-electron chi connectivity index (χ1n) is 10.2. The Bertz CT molecular complexity index is 1390. The second-order valence-corrected chi connectivity index (χ2v) is 8.77. The number of carbonyl (C=O) groups excluding carboxylic acids is 1. The van der Waals surface area contributed by atoms with Gasteiger partial charge in [0.15, 0.2) is 4.80 Å². The van der Waals surface area contributed by atoms with Crippen LogP contribution in [0.1, 0.15) is 43.9 Å². The number of hydrogen-bond acceptors (Lipinski definition) is 7. The molecule has 0 aliphatic carbocycles. The zero-order valence-corrected chi connectivity index (χ0v) is 19.4. The van der Waals surface area contributed by atoms with Crippen LogP contribution in [0.4, 0.5) is 0 Å². The molecule has 1 aromatic carbocycles. The highest BCUT2D eigenvalue weighted by Gasteiger charge is 2.34. The monoisotopic (exact) mass is 452 g/mol. The SMILES string of the molecule is COc1cccc([C@H]2C(C(=O)OC(C)C)=C(C)N=c3s/c(=C/c4ccc(C)o4)c(=O)n32)c1. The predicted molar refractivity (Wildman–Crippen MR) is 121 cm³/mol. The number of esters is 1. The number of aryl methyl sites for hydroxylation is 1. The molecule has 0 saturated carbocycles. The number of benzene rings is 1.